The van der Waals surface area contributed by atoms with Crippen molar-refractivity contribution < 1.29 is 9.53 Å². The molecule has 5 heterocycles. The molecule has 3 aliphatic rings. The topological polar surface area (TPSA) is 94.9 Å². The van der Waals surface area contributed by atoms with E-state index in [-0.39, 0.29) is 17.9 Å². The van der Waals surface area contributed by atoms with Gasteiger partial charge in [-0.2, -0.15) is 9.97 Å². The second-order valence-electron chi connectivity index (χ2n) is 11.5. The van der Waals surface area contributed by atoms with Crippen LogP contribution in [0.4, 0.5) is 23.1 Å². The Kier molecular flexibility index (Phi) is 6.87. The molecule has 0 saturated carbocycles. The predicted molar refractivity (Wildman–Crippen MR) is 157 cm³/mol. The first-order valence-corrected chi connectivity index (χ1v) is 14.1. The molecule has 11 heteroatoms. The van der Waals surface area contributed by atoms with E-state index in [0.717, 1.165) is 43.0 Å². The molecular formula is C29H39N9O2. The number of fused-ring (bicyclic) bond motifs is 2. The minimum absolute atomic E-state index is 0.0546. The van der Waals surface area contributed by atoms with Crippen LogP contribution in [-0.4, -0.2) is 107 Å². The molecule has 3 fully saturated rings. The molecular weight excluding hydrogens is 506 g/mol. The van der Waals surface area contributed by atoms with Crippen LogP contribution in [0, 0.1) is 5.92 Å². The Bertz CT molecular complexity index is 1400. The lowest BCUT2D eigenvalue weighted by atomic mass is 9.95. The number of rotatable bonds is 7. The van der Waals surface area contributed by atoms with Crippen molar-refractivity contribution in [3.8, 4) is 0 Å². The first-order chi connectivity index (χ1) is 19.3. The average Bonchev–Trinajstić information content (AvgIpc) is 3.65. The summed E-state index contributed by atoms with van der Waals surface area (Å²) in [5, 5.41) is 3.53. The fourth-order valence-electron chi connectivity index (χ4n) is 6.22. The van der Waals surface area contributed by atoms with Crippen LogP contribution >= 0.6 is 0 Å². The van der Waals surface area contributed by atoms with Gasteiger partial charge in [-0.05, 0) is 51.2 Å². The first kappa shape index (κ1) is 26.5. The molecule has 11 nitrogen and oxygen atoms in total. The van der Waals surface area contributed by atoms with Gasteiger partial charge in [0, 0.05) is 69.7 Å². The molecule has 3 aliphatic heterocycles. The van der Waals surface area contributed by atoms with E-state index in [2.05, 4.69) is 76.3 Å². The van der Waals surface area contributed by atoms with E-state index in [4.69, 9.17) is 19.7 Å². The number of amides is 1. The van der Waals surface area contributed by atoms with Crippen molar-refractivity contribution in [1.29, 1.82) is 0 Å². The van der Waals surface area contributed by atoms with Gasteiger partial charge >= 0.3 is 0 Å². The highest BCUT2D eigenvalue weighted by Gasteiger charge is 2.54. The molecule has 0 radical (unpaired) electrons. The molecule has 1 aromatic carbocycles. The molecule has 0 aliphatic carbocycles. The van der Waals surface area contributed by atoms with Crippen molar-refractivity contribution in [2.24, 2.45) is 5.92 Å². The molecule has 40 heavy (non-hydrogen) atoms. The normalized spacial score (nSPS) is 23.3. The number of hydrogen-bond donors (Lipinski definition) is 1. The third-order valence-corrected chi connectivity index (χ3v) is 8.68. The molecule has 0 spiro atoms. The van der Waals surface area contributed by atoms with E-state index >= 15 is 0 Å². The van der Waals surface area contributed by atoms with Crippen molar-refractivity contribution in [2.45, 2.75) is 25.5 Å². The summed E-state index contributed by atoms with van der Waals surface area (Å²) in [4.78, 5) is 35.8. The lowest BCUT2D eigenvalue weighted by molar-refractivity contribution is -0.126. The number of ether oxygens (including phenoxy) is 1. The zero-order valence-corrected chi connectivity index (χ0v) is 23.9. The minimum Gasteiger partial charge on any atom is -0.374 e. The SMILES string of the molecule is C=CC(=O)N1C[C@H]2CN(c3nc(Nc4ccc(N5CCN(C)CC5)cc4)c4ncn(C(C)C)c4n3)C[C@@]2(OC)C1. The molecule has 2 aromatic heterocycles. The summed E-state index contributed by atoms with van der Waals surface area (Å²) in [6.07, 6.45) is 3.21. The molecule has 0 unspecified atom stereocenters. The number of nitrogens with zero attached hydrogens (tertiary/aromatic N) is 8. The highest BCUT2D eigenvalue weighted by atomic mass is 16.5. The molecule has 3 aromatic rings. The van der Waals surface area contributed by atoms with Gasteiger partial charge in [0.05, 0.1) is 19.4 Å². The van der Waals surface area contributed by atoms with Crippen molar-refractivity contribution in [3.63, 3.8) is 0 Å². The lowest BCUT2D eigenvalue weighted by Crippen LogP contribution is -2.44. The van der Waals surface area contributed by atoms with Gasteiger partial charge in [0.15, 0.2) is 17.0 Å². The maximum Gasteiger partial charge on any atom is 0.246 e. The van der Waals surface area contributed by atoms with Crippen LogP contribution in [0.15, 0.2) is 43.2 Å². The summed E-state index contributed by atoms with van der Waals surface area (Å²) in [5.74, 6) is 1.42. The fourth-order valence-corrected chi connectivity index (χ4v) is 6.22. The van der Waals surface area contributed by atoms with Crippen molar-refractivity contribution in [1.82, 2.24) is 29.3 Å². The molecule has 2 atom stereocenters. The Morgan fingerprint density at radius 2 is 1.85 bits per heavy atom. The van der Waals surface area contributed by atoms with Gasteiger partial charge in [0.1, 0.15) is 5.60 Å². The highest BCUT2D eigenvalue weighted by Crippen LogP contribution is 2.40. The Morgan fingerprint density at radius 1 is 1.10 bits per heavy atom. The van der Waals surface area contributed by atoms with Crippen LogP contribution < -0.4 is 15.1 Å². The van der Waals surface area contributed by atoms with E-state index in [1.807, 2.05) is 11.2 Å². The molecule has 3 saturated heterocycles. The van der Waals surface area contributed by atoms with Crippen molar-refractivity contribution in [3.05, 3.63) is 43.2 Å². The predicted octanol–water partition coefficient (Wildman–Crippen LogP) is 2.75. The van der Waals surface area contributed by atoms with E-state index < -0.39 is 5.60 Å². The second kappa shape index (κ2) is 10.4. The van der Waals surface area contributed by atoms with Gasteiger partial charge in [-0.3, -0.25) is 4.79 Å². The number of likely N-dealkylation sites (tertiary alicyclic amines) is 1. The number of likely N-dealkylation sites (N-methyl/N-ethyl adjacent to an activating group) is 1. The summed E-state index contributed by atoms with van der Waals surface area (Å²) >= 11 is 0. The molecule has 6 rings (SSSR count). The molecule has 0 bridgehead atoms. The highest BCUT2D eigenvalue weighted by molar-refractivity contribution is 5.88. The maximum atomic E-state index is 12.3. The Balaban J connectivity index is 1.28. The Hall–Kier alpha value is -3.70. The van der Waals surface area contributed by atoms with Gasteiger partial charge in [-0.25, -0.2) is 4.98 Å². The van der Waals surface area contributed by atoms with Crippen LogP contribution in [-0.2, 0) is 9.53 Å². The van der Waals surface area contributed by atoms with Crippen LogP contribution in [0.25, 0.3) is 11.2 Å². The smallest absolute Gasteiger partial charge is 0.246 e. The Labute approximate surface area is 235 Å². The fraction of sp³-hybridized carbons (Fsp3) is 0.517. The number of anilines is 4. The number of methoxy groups -OCH3 is 1. The number of nitrogens with one attached hydrogen (secondary N) is 1. The number of carbonyl (C=O) groups excluding carboxylic acids is 1. The van der Waals surface area contributed by atoms with Gasteiger partial charge in [0.2, 0.25) is 11.9 Å². The third-order valence-electron chi connectivity index (χ3n) is 8.68. The maximum absolute atomic E-state index is 12.3. The lowest BCUT2D eigenvalue weighted by Gasteiger charge is -2.34. The number of imidazole rings is 1. The third kappa shape index (κ3) is 4.66. The van der Waals surface area contributed by atoms with Gasteiger partial charge in [0.25, 0.3) is 0 Å². The van der Waals surface area contributed by atoms with E-state index in [1.54, 1.807) is 7.11 Å². The Morgan fingerprint density at radius 3 is 2.50 bits per heavy atom. The molecule has 1 N–H and O–H groups in total. The molecule has 212 valence electrons. The van der Waals surface area contributed by atoms with Crippen molar-refractivity contribution in [2.75, 3.05) is 81.6 Å². The van der Waals surface area contributed by atoms with Crippen LogP contribution in [0.5, 0.6) is 0 Å². The largest absolute Gasteiger partial charge is 0.374 e. The summed E-state index contributed by atoms with van der Waals surface area (Å²) in [6.45, 7) is 14.6. The number of piperazine rings is 1. The number of aromatic nitrogens is 4. The van der Waals surface area contributed by atoms with E-state index in [0.29, 0.717) is 37.9 Å². The standard InChI is InChI=1S/C29H39N9O2/c1-6-24(39)36-15-21-16-37(18-29(21,17-36)40-5)28-32-26(25-27(33-28)38(19-30-25)20(2)3)31-22-7-9-23(10-8-22)35-13-11-34(4)12-14-35/h6-10,19-21H,1,11-18H2,2-5H3,(H,31,32,33)/t21-,29-/m0/s1. The van der Waals surface area contributed by atoms with Crippen molar-refractivity contribution >= 4 is 40.2 Å². The monoisotopic (exact) mass is 545 g/mol. The zero-order chi connectivity index (χ0) is 28.0. The van der Waals surface area contributed by atoms with Crippen LogP contribution in [0.2, 0.25) is 0 Å². The first-order valence-electron chi connectivity index (χ1n) is 14.1. The quantitative estimate of drug-likeness (QED) is 0.450. The van der Waals surface area contributed by atoms with E-state index in [9.17, 15) is 4.79 Å². The number of carbonyl (C=O) groups is 1. The van der Waals surface area contributed by atoms with Crippen LogP contribution in [0.3, 0.4) is 0 Å². The summed E-state index contributed by atoms with van der Waals surface area (Å²) < 4.78 is 8.14. The number of benzene rings is 1. The van der Waals surface area contributed by atoms with Gasteiger partial charge < -0.3 is 34.2 Å². The van der Waals surface area contributed by atoms with Gasteiger partial charge in [-0.15, -0.1) is 0 Å². The van der Waals surface area contributed by atoms with E-state index in [1.165, 1.54) is 11.8 Å². The minimum atomic E-state index is -0.456. The summed E-state index contributed by atoms with van der Waals surface area (Å²) in [6, 6.07) is 8.74. The molecule has 1 amide bonds. The second-order valence-corrected chi connectivity index (χ2v) is 11.5. The summed E-state index contributed by atoms with van der Waals surface area (Å²) in [5.41, 5.74) is 3.26. The summed E-state index contributed by atoms with van der Waals surface area (Å²) in [7, 11) is 3.90. The van der Waals surface area contributed by atoms with Gasteiger partial charge in [-0.1, -0.05) is 6.58 Å². The zero-order valence-electron chi connectivity index (χ0n) is 23.9. The number of hydrogen-bond acceptors (Lipinski definition) is 9. The van der Waals surface area contributed by atoms with Crippen LogP contribution in [0.1, 0.15) is 19.9 Å². The average molecular weight is 546 g/mol.